The third kappa shape index (κ3) is 3.30. The molecule has 0 saturated heterocycles. The summed E-state index contributed by atoms with van der Waals surface area (Å²) in [4.78, 5) is 4.77. The highest BCUT2D eigenvalue weighted by molar-refractivity contribution is 6.04. The van der Waals surface area contributed by atoms with Crippen LogP contribution in [0.2, 0.25) is 0 Å². The summed E-state index contributed by atoms with van der Waals surface area (Å²) < 4.78 is 10.9. The van der Waals surface area contributed by atoms with Gasteiger partial charge in [0.15, 0.2) is 11.5 Å². The SMILES string of the molecule is COc1cc2c(cc1OC)C(Cc1ccc(C(C)C)cc1)=NCC2. The van der Waals surface area contributed by atoms with E-state index in [1.165, 1.54) is 22.3 Å². The molecule has 2 aromatic rings. The highest BCUT2D eigenvalue weighted by Crippen LogP contribution is 2.33. The largest absolute Gasteiger partial charge is 0.493 e. The molecule has 0 unspecified atom stereocenters. The Morgan fingerprint density at radius 3 is 2.29 bits per heavy atom. The van der Waals surface area contributed by atoms with Crippen molar-refractivity contribution in [2.45, 2.75) is 32.6 Å². The molecule has 0 spiro atoms. The van der Waals surface area contributed by atoms with Crippen LogP contribution in [0.5, 0.6) is 11.5 Å². The molecule has 126 valence electrons. The lowest BCUT2D eigenvalue weighted by molar-refractivity contribution is 0.354. The zero-order valence-electron chi connectivity index (χ0n) is 14.9. The summed E-state index contributed by atoms with van der Waals surface area (Å²) in [6, 6.07) is 13.0. The van der Waals surface area contributed by atoms with E-state index in [1.807, 2.05) is 0 Å². The molecule has 2 aromatic carbocycles. The van der Waals surface area contributed by atoms with Gasteiger partial charge in [-0.1, -0.05) is 38.1 Å². The molecule has 1 aliphatic rings. The molecule has 0 fully saturated rings. The summed E-state index contributed by atoms with van der Waals surface area (Å²) in [7, 11) is 3.35. The van der Waals surface area contributed by atoms with Gasteiger partial charge >= 0.3 is 0 Å². The zero-order chi connectivity index (χ0) is 17.1. The second-order valence-corrected chi connectivity index (χ2v) is 6.52. The van der Waals surface area contributed by atoms with E-state index in [9.17, 15) is 0 Å². The van der Waals surface area contributed by atoms with Gasteiger partial charge in [0, 0.05) is 24.2 Å². The fourth-order valence-corrected chi connectivity index (χ4v) is 3.16. The zero-order valence-corrected chi connectivity index (χ0v) is 14.9. The van der Waals surface area contributed by atoms with Crippen molar-refractivity contribution in [1.82, 2.24) is 0 Å². The highest BCUT2D eigenvalue weighted by Gasteiger charge is 2.18. The summed E-state index contributed by atoms with van der Waals surface area (Å²) >= 11 is 0. The maximum atomic E-state index is 5.46. The number of hydrogen-bond donors (Lipinski definition) is 0. The molecular formula is C21H25NO2. The van der Waals surface area contributed by atoms with Crippen molar-refractivity contribution >= 4 is 5.71 Å². The number of benzene rings is 2. The Morgan fingerprint density at radius 1 is 1.00 bits per heavy atom. The summed E-state index contributed by atoms with van der Waals surface area (Å²) in [5.74, 6) is 2.11. The van der Waals surface area contributed by atoms with Crippen molar-refractivity contribution in [1.29, 1.82) is 0 Å². The molecule has 3 nitrogen and oxygen atoms in total. The van der Waals surface area contributed by atoms with Gasteiger partial charge in [-0.2, -0.15) is 0 Å². The predicted molar refractivity (Wildman–Crippen MR) is 98.9 cm³/mol. The molecule has 0 radical (unpaired) electrons. The lowest BCUT2D eigenvalue weighted by Crippen LogP contribution is -2.16. The second kappa shape index (κ2) is 7.08. The third-order valence-corrected chi connectivity index (χ3v) is 4.62. The number of nitrogens with zero attached hydrogens (tertiary/aromatic N) is 1. The predicted octanol–water partition coefficient (Wildman–Crippen LogP) is 4.42. The average molecular weight is 323 g/mol. The number of ether oxygens (including phenoxy) is 2. The van der Waals surface area contributed by atoms with Gasteiger partial charge in [-0.15, -0.1) is 0 Å². The Balaban J connectivity index is 1.89. The Morgan fingerprint density at radius 2 is 1.67 bits per heavy atom. The van der Waals surface area contributed by atoms with Gasteiger partial charge in [0.1, 0.15) is 0 Å². The van der Waals surface area contributed by atoms with Crippen LogP contribution in [-0.2, 0) is 12.8 Å². The van der Waals surface area contributed by atoms with Crippen LogP contribution in [0.4, 0.5) is 0 Å². The Bertz CT molecular complexity index is 745. The van der Waals surface area contributed by atoms with E-state index in [1.54, 1.807) is 14.2 Å². The summed E-state index contributed by atoms with van der Waals surface area (Å²) in [5.41, 5.74) is 6.27. The summed E-state index contributed by atoms with van der Waals surface area (Å²) in [6.07, 6.45) is 1.80. The summed E-state index contributed by atoms with van der Waals surface area (Å²) in [6.45, 7) is 5.27. The lowest BCUT2D eigenvalue weighted by atomic mass is 9.92. The van der Waals surface area contributed by atoms with Crippen LogP contribution in [0.15, 0.2) is 41.4 Å². The molecule has 1 heterocycles. The molecule has 1 aliphatic heterocycles. The molecule has 0 saturated carbocycles. The van der Waals surface area contributed by atoms with Crippen LogP contribution in [0, 0.1) is 0 Å². The first-order valence-electron chi connectivity index (χ1n) is 8.49. The van der Waals surface area contributed by atoms with E-state index in [4.69, 9.17) is 14.5 Å². The molecule has 24 heavy (non-hydrogen) atoms. The van der Waals surface area contributed by atoms with E-state index in [2.05, 4.69) is 50.2 Å². The van der Waals surface area contributed by atoms with Crippen molar-refractivity contribution in [2.75, 3.05) is 20.8 Å². The first kappa shape index (κ1) is 16.6. The monoisotopic (exact) mass is 323 g/mol. The van der Waals surface area contributed by atoms with Crippen LogP contribution in [0.3, 0.4) is 0 Å². The number of methoxy groups -OCH3 is 2. The highest BCUT2D eigenvalue weighted by atomic mass is 16.5. The van der Waals surface area contributed by atoms with E-state index in [0.29, 0.717) is 5.92 Å². The van der Waals surface area contributed by atoms with Crippen molar-refractivity contribution in [3.8, 4) is 11.5 Å². The molecule has 3 rings (SSSR count). The lowest BCUT2D eigenvalue weighted by Gasteiger charge is -2.20. The average Bonchev–Trinajstić information content (AvgIpc) is 2.61. The molecule has 3 heteroatoms. The van der Waals surface area contributed by atoms with Gasteiger partial charge in [-0.3, -0.25) is 4.99 Å². The van der Waals surface area contributed by atoms with Gasteiger partial charge < -0.3 is 9.47 Å². The first-order chi connectivity index (χ1) is 11.6. The minimum atomic E-state index is 0.559. The molecule has 0 bridgehead atoms. The van der Waals surface area contributed by atoms with Crippen molar-refractivity contribution in [3.63, 3.8) is 0 Å². The Kier molecular flexibility index (Phi) is 4.89. The number of aliphatic imine (C=N–C) groups is 1. The quantitative estimate of drug-likeness (QED) is 0.816. The normalized spacial score (nSPS) is 13.5. The topological polar surface area (TPSA) is 30.8 Å². The third-order valence-electron chi connectivity index (χ3n) is 4.62. The van der Waals surface area contributed by atoms with Crippen molar-refractivity contribution in [2.24, 2.45) is 4.99 Å². The fourth-order valence-electron chi connectivity index (χ4n) is 3.16. The smallest absolute Gasteiger partial charge is 0.161 e. The maximum Gasteiger partial charge on any atom is 0.161 e. The van der Waals surface area contributed by atoms with Crippen molar-refractivity contribution in [3.05, 3.63) is 58.7 Å². The number of fused-ring (bicyclic) bond motifs is 1. The molecule has 0 atom stereocenters. The van der Waals surface area contributed by atoms with Gasteiger partial charge in [0.2, 0.25) is 0 Å². The van der Waals surface area contributed by atoms with Crippen LogP contribution >= 0.6 is 0 Å². The molecule has 0 amide bonds. The second-order valence-electron chi connectivity index (χ2n) is 6.52. The first-order valence-corrected chi connectivity index (χ1v) is 8.49. The van der Waals surface area contributed by atoms with Gasteiger partial charge in [0.25, 0.3) is 0 Å². The van der Waals surface area contributed by atoms with E-state index >= 15 is 0 Å². The standard InChI is InChI=1S/C21H25NO2/c1-14(2)16-7-5-15(6-8-16)11-19-18-13-21(24-4)20(23-3)12-17(18)9-10-22-19/h5-8,12-14H,9-11H2,1-4H3. The van der Waals surface area contributed by atoms with Crippen LogP contribution in [-0.4, -0.2) is 26.5 Å². The van der Waals surface area contributed by atoms with Gasteiger partial charge in [-0.25, -0.2) is 0 Å². The van der Waals surface area contributed by atoms with Crippen molar-refractivity contribution < 1.29 is 9.47 Å². The molecular weight excluding hydrogens is 298 g/mol. The van der Waals surface area contributed by atoms with E-state index in [0.717, 1.165) is 36.6 Å². The van der Waals surface area contributed by atoms with Crippen LogP contribution in [0.1, 0.15) is 42.0 Å². The number of hydrogen-bond acceptors (Lipinski definition) is 3. The van der Waals surface area contributed by atoms with E-state index in [-0.39, 0.29) is 0 Å². The van der Waals surface area contributed by atoms with Crippen LogP contribution < -0.4 is 9.47 Å². The summed E-state index contributed by atoms with van der Waals surface area (Å²) in [5, 5.41) is 0. The fraction of sp³-hybridized carbons (Fsp3) is 0.381. The molecule has 0 N–H and O–H groups in total. The van der Waals surface area contributed by atoms with Gasteiger partial charge in [0.05, 0.1) is 14.2 Å². The minimum absolute atomic E-state index is 0.559. The molecule has 0 aromatic heterocycles. The Labute approximate surface area is 144 Å². The number of rotatable bonds is 5. The van der Waals surface area contributed by atoms with E-state index < -0.39 is 0 Å². The van der Waals surface area contributed by atoms with Gasteiger partial charge in [-0.05, 0) is 41.2 Å². The molecule has 0 aliphatic carbocycles. The Hall–Kier alpha value is -2.29. The van der Waals surface area contributed by atoms with Crippen LogP contribution in [0.25, 0.3) is 0 Å². The maximum absolute atomic E-state index is 5.46. The minimum Gasteiger partial charge on any atom is -0.493 e.